The number of ether oxygens (including phenoxy) is 1. The van der Waals surface area contributed by atoms with Gasteiger partial charge in [-0.1, -0.05) is 38.1 Å². The van der Waals surface area contributed by atoms with Gasteiger partial charge in [-0.25, -0.2) is 0 Å². The van der Waals surface area contributed by atoms with Gasteiger partial charge in [-0.3, -0.25) is 14.4 Å². The maximum Gasteiger partial charge on any atom is 0.309 e. The molecule has 2 amide bonds. The number of piperidine rings is 1. The Kier molecular flexibility index (Phi) is 7.17. The van der Waals surface area contributed by atoms with E-state index < -0.39 is 5.92 Å². The van der Waals surface area contributed by atoms with Gasteiger partial charge in [-0.2, -0.15) is 0 Å². The third kappa shape index (κ3) is 4.69. The van der Waals surface area contributed by atoms with Crippen molar-refractivity contribution in [2.45, 2.75) is 45.6 Å². The number of thiophene rings is 1. The molecule has 33 heavy (non-hydrogen) atoms. The fraction of sp³-hybridized carbons (Fsp3) is 0.500. The first-order chi connectivity index (χ1) is 15.9. The third-order valence-electron chi connectivity index (χ3n) is 6.53. The van der Waals surface area contributed by atoms with Crippen LogP contribution in [0.3, 0.4) is 0 Å². The zero-order valence-corrected chi connectivity index (χ0v) is 20.3. The summed E-state index contributed by atoms with van der Waals surface area (Å²) in [5.41, 5.74) is 1.42. The highest BCUT2D eigenvalue weighted by Gasteiger charge is 2.46. The largest absolute Gasteiger partial charge is 0.466 e. The zero-order chi connectivity index (χ0) is 23.5. The second-order valence-corrected chi connectivity index (χ2v) is 10.2. The van der Waals surface area contributed by atoms with Gasteiger partial charge in [0.2, 0.25) is 5.91 Å². The van der Waals surface area contributed by atoms with Crippen LogP contribution in [-0.4, -0.2) is 53.8 Å². The second kappa shape index (κ2) is 10.1. The van der Waals surface area contributed by atoms with E-state index in [2.05, 4.69) is 13.8 Å². The molecular formula is C26H32N2O4S. The summed E-state index contributed by atoms with van der Waals surface area (Å²) in [7, 11) is 0. The van der Waals surface area contributed by atoms with Crippen molar-refractivity contribution in [2.75, 3.05) is 26.2 Å². The van der Waals surface area contributed by atoms with Crippen molar-refractivity contribution in [3.05, 3.63) is 57.8 Å². The van der Waals surface area contributed by atoms with E-state index >= 15 is 0 Å². The molecule has 1 saturated heterocycles. The molecule has 0 aliphatic carbocycles. The van der Waals surface area contributed by atoms with Crippen molar-refractivity contribution in [2.24, 2.45) is 11.8 Å². The summed E-state index contributed by atoms with van der Waals surface area (Å²) < 4.78 is 5.18. The molecule has 1 fully saturated rings. The number of carbonyl (C=O) groups is 3. The lowest BCUT2D eigenvalue weighted by Gasteiger charge is -2.44. The molecule has 0 radical (unpaired) electrons. The Bertz CT molecular complexity index is 995. The SMILES string of the molecule is CCOC(=O)C1CCN(C(=O)[C@@H]2c3ccccc3C(=O)N(CC(C)C)[C@H]2c2cccs2)CC1. The van der Waals surface area contributed by atoms with Crippen molar-refractivity contribution in [1.82, 2.24) is 9.80 Å². The Morgan fingerprint density at radius 2 is 1.85 bits per heavy atom. The number of carbonyl (C=O) groups excluding carboxylic acids is 3. The van der Waals surface area contributed by atoms with Gasteiger partial charge >= 0.3 is 5.97 Å². The summed E-state index contributed by atoms with van der Waals surface area (Å²) >= 11 is 1.59. The summed E-state index contributed by atoms with van der Waals surface area (Å²) in [6, 6.07) is 11.2. The minimum atomic E-state index is -0.463. The van der Waals surface area contributed by atoms with Gasteiger partial charge in [0.25, 0.3) is 5.91 Å². The molecule has 176 valence electrons. The van der Waals surface area contributed by atoms with E-state index in [9.17, 15) is 14.4 Å². The lowest BCUT2D eigenvalue weighted by atomic mass is 9.80. The normalized spacial score (nSPS) is 21.3. The van der Waals surface area contributed by atoms with Crippen LogP contribution in [0.2, 0.25) is 0 Å². The highest BCUT2D eigenvalue weighted by Crippen LogP contribution is 2.45. The van der Waals surface area contributed by atoms with Gasteiger partial charge in [0, 0.05) is 30.1 Å². The topological polar surface area (TPSA) is 66.9 Å². The number of fused-ring (bicyclic) bond motifs is 1. The van der Waals surface area contributed by atoms with Crippen molar-refractivity contribution < 1.29 is 19.1 Å². The number of hydrogen-bond acceptors (Lipinski definition) is 5. The molecule has 7 heteroatoms. The highest BCUT2D eigenvalue weighted by atomic mass is 32.1. The Labute approximate surface area is 199 Å². The van der Waals surface area contributed by atoms with E-state index in [4.69, 9.17) is 4.74 Å². The summed E-state index contributed by atoms with van der Waals surface area (Å²) in [5.74, 6) is -0.488. The first-order valence-electron chi connectivity index (χ1n) is 11.8. The number of rotatable bonds is 6. The van der Waals surface area contributed by atoms with Gasteiger partial charge in [0.05, 0.1) is 24.5 Å². The molecule has 0 saturated carbocycles. The number of amides is 2. The van der Waals surface area contributed by atoms with Crippen molar-refractivity contribution >= 4 is 29.1 Å². The minimum absolute atomic E-state index is 0.0113. The molecule has 1 aromatic heterocycles. The van der Waals surface area contributed by atoms with Crippen LogP contribution >= 0.6 is 11.3 Å². The average molecular weight is 469 g/mol. The van der Waals surface area contributed by atoms with Crippen molar-refractivity contribution in [3.63, 3.8) is 0 Å². The maximum absolute atomic E-state index is 14.0. The van der Waals surface area contributed by atoms with Crippen LogP contribution in [0.1, 0.15) is 66.4 Å². The minimum Gasteiger partial charge on any atom is -0.466 e. The molecule has 6 nitrogen and oxygen atoms in total. The smallest absolute Gasteiger partial charge is 0.309 e. The molecule has 2 aliphatic heterocycles. The molecular weight excluding hydrogens is 436 g/mol. The van der Waals surface area contributed by atoms with E-state index in [0.717, 1.165) is 10.4 Å². The van der Waals surface area contributed by atoms with Crippen LogP contribution < -0.4 is 0 Å². The van der Waals surface area contributed by atoms with Crippen molar-refractivity contribution in [3.8, 4) is 0 Å². The number of nitrogens with zero attached hydrogens (tertiary/aromatic N) is 2. The Hall–Kier alpha value is -2.67. The molecule has 0 bridgehead atoms. The van der Waals surface area contributed by atoms with Crippen LogP contribution in [0.4, 0.5) is 0 Å². The van der Waals surface area contributed by atoms with Gasteiger partial charge in [0.1, 0.15) is 0 Å². The monoisotopic (exact) mass is 468 g/mol. The van der Waals surface area contributed by atoms with E-state index in [0.29, 0.717) is 44.6 Å². The van der Waals surface area contributed by atoms with Crippen LogP contribution in [0, 0.1) is 11.8 Å². The van der Waals surface area contributed by atoms with Gasteiger partial charge in [0.15, 0.2) is 0 Å². The predicted molar refractivity (Wildman–Crippen MR) is 128 cm³/mol. The van der Waals surface area contributed by atoms with Crippen LogP contribution in [-0.2, 0) is 14.3 Å². The standard InChI is InChI=1S/C26H32N2O4S/c1-4-32-26(31)18-11-13-27(14-12-18)25(30)22-19-8-5-6-9-20(19)24(29)28(16-17(2)3)23(22)21-10-7-15-33-21/h5-10,15,17-18,22-23H,4,11-14,16H2,1-3H3/t22-,23+/m1/s1. The molecule has 0 spiro atoms. The van der Waals surface area contributed by atoms with E-state index in [1.54, 1.807) is 11.3 Å². The maximum atomic E-state index is 14.0. The van der Waals surface area contributed by atoms with E-state index in [-0.39, 0.29) is 35.7 Å². The molecule has 3 heterocycles. The second-order valence-electron chi connectivity index (χ2n) is 9.23. The molecule has 2 aromatic rings. The first kappa shape index (κ1) is 23.5. The zero-order valence-electron chi connectivity index (χ0n) is 19.5. The molecule has 2 atom stereocenters. The molecule has 2 aliphatic rings. The van der Waals surface area contributed by atoms with Crippen LogP contribution in [0.15, 0.2) is 41.8 Å². The quantitative estimate of drug-likeness (QED) is 0.586. The molecule has 0 N–H and O–H groups in total. The lowest BCUT2D eigenvalue weighted by Crippen LogP contribution is -2.50. The fourth-order valence-electron chi connectivity index (χ4n) is 5.02. The molecule has 4 rings (SSSR count). The summed E-state index contributed by atoms with van der Waals surface area (Å²) in [4.78, 5) is 44.5. The third-order valence-corrected chi connectivity index (χ3v) is 7.47. The fourth-order valence-corrected chi connectivity index (χ4v) is 5.90. The summed E-state index contributed by atoms with van der Waals surface area (Å²) in [5, 5.41) is 2.00. The first-order valence-corrected chi connectivity index (χ1v) is 12.7. The highest BCUT2D eigenvalue weighted by molar-refractivity contribution is 7.10. The van der Waals surface area contributed by atoms with Crippen LogP contribution in [0.25, 0.3) is 0 Å². The number of esters is 1. The Morgan fingerprint density at radius 1 is 1.12 bits per heavy atom. The molecule has 0 unspecified atom stereocenters. The van der Waals surface area contributed by atoms with Gasteiger partial charge in [-0.05, 0) is 48.8 Å². The van der Waals surface area contributed by atoms with Crippen LogP contribution in [0.5, 0.6) is 0 Å². The van der Waals surface area contributed by atoms with E-state index in [1.807, 2.05) is 58.5 Å². The van der Waals surface area contributed by atoms with Gasteiger partial charge < -0.3 is 14.5 Å². The average Bonchev–Trinajstić information content (AvgIpc) is 3.35. The summed E-state index contributed by atoms with van der Waals surface area (Å²) in [6.07, 6.45) is 1.22. The lowest BCUT2D eigenvalue weighted by molar-refractivity contribution is -0.151. The number of likely N-dealkylation sites (tertiary alicyclic amines) is 1. The predicted octanol–water partition coefficient (Wildman–Crippen LogP) is 4.49. The van der Waals surface area contributed by atoms with Gasteiger partial charge in [-0.15, -0.1) is 11.3 Å². The Morgan fingerprint density at radius 3 is 2.48 bits per heavy atom. The van der Waals surface area contributed by atoms with E-state index in [1.165, 1.54) is 0 Å². The number of benzene rings is 1. The molecule has 1 aromatic carbocycles. The summed E-state index contributed by atoms with van der Waals surface area (Å²) in [6.45, 7) is 8.01. The Balaban J connectivity index is 1.68. The number of hydrogen-bond donors (Lipinski definition) is 0. The van der Waals surface area contributed by atoms with Crippen molar-refractivity contribution in [1.29, 1.82) is 0 Å².